The molecule has 0 atom stereocenters. The number of benzene rings is 1. The normalized spacial score (nSPS) is 13.0. The maximum Gasteiger partial charge on any atom is 0.280 e. The minimum atomic E-state index is -0.452. The molecule has 1 N–H and O–H groups in total. The third kappa shape index (κ3) is 2.85. The molecule has 1 amide bonds. The number of carbonyl (C=O) groups is 1. The van der Waals surface area contributed by atoms with Crippen LogP contribution >= 0.6 is 0 Å². The van der Waals surface area contributed by atoms with Crippen molar-refractivity contribution < 1.29 is 14.3 Å². The molecular weight excluding hydrogens is 376 g/mol. The van der Waals surface area contributed by atoms with Gasteiger partial charge in [-0.05, 0) is 24.3 Å². The summed E-state index contributed by atoms with van der Waals surface area (Å²) in [4.78, 5) is 34.0. The lowest BCUT2D eigenvalue weighted by Crippen LogP contribution is -2.33. The molecule has 4 aromatic rings. The first kappa shape index (κ1) is 17.2. The van der Waals surface area contributed by atoms with Crippen molar-refractivity contribution in [1.82, 2.24) is 24.3 Å². The van der Waals surface area contributed by atoms with Crippen molar-refractivity contribution in [3.8, 4) is 11.5 Å². The van der Waals surface area contributed by atoms with Crippen LogP contribution in [0.4, 0.5) is 0 Å². The fourth-order valence-electron chi connectivity index (χ4n) is 3.16. The predicted octanol–water partition coefficient (Wildman–Crippen LogP) is 1.16. The third-order valence-corrected chi connectivity index (χ3v) is 4.62. The molecule has 10 heteroatoms. The molecule has 10 nitrogen and oxygen atoms in total. The average molecular weight is 392 g/mol. The van der Waals surface area contributed by atoms with Crippen molar-refractivity contribution in [1.29, 1.82) is 0 Å². The molecule has 1 aliphatic heterocycles. The largest absolute Gasteiger partial charge is 0.486 e. The van der Waals surface area contributed by atoms with E-state index in [0.717, 1.165) is 4.68 Å². The fourth-order valence-corrected chi connectivity index (χ4v) is 3.16. The maximum absolute atomic E-state index is 12.8. The summed E-state index contributed by atoms with van der Waals surface area (Å²) in [7, 11) is 0. The van der Waals surface area contributed by atoms with Gasteiger partial charge in [-0.1, -0.05) is 6.92 Å². The number of pyridine rings is 1. The van der Waals surface area contributed by atoms with Crippen LogP contribution < -0.4 is 20.5 Å². The van der Waals surface area contributed by atoms with Gasteiger partial charge in [-0.3, -0.25) is 15.0 Å². The van der Waals surface area contributed by atoms with Gasteiger partial charge in [-0.2, -0.15) is 9.50 Å². The van der Waals surface area contributed by atoms with Crippen molar-refractivity contribution in [2.75, 3.05) is 18.6 Å². The molecule has 0 unspecified atom stereocenters. The van der Waals surface area contributed by atoms with E-state index in [1.165, 1.54) is 16.9 Å². The summed E-state index contributed by atoms with van der Waals surface area (Å²) in [5.41, 5.74) is 3.08. The van der Waals surface area contributed by atoms with E-state index in [9.17, 15) is 9.59 Å². The van der Waals surface area contributed by atoms with Crippen molar-refractivity contribution in [3.05, 3.63) is 58.4 Å². The molecule has 4 heterocycles. The van der Waals surface area contributed by atoms with E-state index < -0.39 is 11.5 Å². The Morgan fingerprint density at radius 2 is 2.03 bits per heavy atom. The standard InChI is InChI=1S/C19H16N6O4/c1-2-16-21-19-20-10-12-13(25(19)22-16)5-6-24(18(12)27)23-17(26)11-3-4-14-15(9-11)29-8-7-28-14/h3-6,9-10H,2,7-8H2,1H3,(H,23,26). The van der Waals surface area contributed by atoms with Gasteiger partial charge in [0.05, 0.1) is 10.9 Å². The Bertz CT molecular complexity index is 1330. The summed E-state index contributed by atoms with van der Waals surface area (Å²) in [6.45, 7) is 2.83. The number of amides is 1. The zero-order chi connectivity index (χ0) is 20.0. The summed E-state index contributed by atoms with van der Waals surface area (Å²) in [5.74, 6) is 1.70. The molecule has 0 fully saturated rings. The Morgan fingerprint density at radius 1 is 1.21 bits per heavy atom. The first-order chi connectivity index (χ1) is 14.1. The number of rotatable bonds is 3. The minimum Gasteiger partial charge on any atom is -0.486 e. The van der Waals surface area contributed by atoms with E-state index in [1.807, 2.05) is 6.92 Å². The van der Waals surface area contributed by atoms with Crippen LogP contribution in [0.3, 0.4) is 0 Å². The second kappa shape index (κ2) is 6.59. The molecule has 0 radical (unpaired) electrons. The van der Waals surface area contributed by atoms with Gasteiger partial charge in [0.1, 0.15) is 13.2 Å². The Hall–Kier alpha value is -3.95. The van der Waals surface area contributed by atoms with Crippen LogP contribution in [0.1, 0.15) is 23.1 Å². The highest BCUT2D eigenvalue weighted by atomic mass is 16.6. The summed E-state index contributed by atoms with van der Waals surface area (Å²) in [6.07, 6.45) is 3.58. The number of nitrogens with zero attached hydrogens (tertiary/aromatic N) is 5. The molecule has 1 aliphatic rings. The smallest absolute Gasteiger partial charge is 0.280 e. The zero-order valence-electron chi connectivity index (χ0n) is 15.5. The minimum absolute atomic E-state index is 0.315. The highest BCUT2D eigenvalue weighted by Gasteiger charge is 2.16. The van der Waals surface area contributed by atoms with Gasteiger partial charge in [0.25, 0.3) is 17.2 Å². The van der Waals surface area contributed by atoms with Crippen LogP contribution in [0.15, 0.2) is 41.5 Å². The topological polar surface area (TPSA) is 113 Å². The van der Waals surface area contributed by atoms with Crippen LogP contribution in [-0.4, -0.2) is 43.4 Å². The molecular formula is C19H16N6O4. The summed E-state index contributed by atoms with van der Waals surface area (Å²) >= 11 is 0. The van der Waals surface area contributed by atoms with Crippen LogP contribution in [0.5, 0.6) is 11.5 Å². The van der Waals surface area contributed by atoms with Gasteiger partial charge in [-0.15, -0.1) is 5.10 Å². The lowest BCUT2D eigenvalue weighted by molar-refractivity contribution is 0.101. The van der Waals surface area contributed by atoms with Gasteiger partial charge < -0.3 is 9.47 Å². The third-order valence-electron chi connectivity index (χ3n) is 4.62. The Kier molecular flexibility index (Phi) is 3.90. The summed E-state index contributed by atoms with van der Waals surface area (Å²) < 4.78 is 13.6. The fraction of sp³-hybridized carbons (Fsp3) is 0.211. The molecule has 3 aromatic heterocycles. The highest BCUT2D eigenvalue weighted by Crippen LogP contribution is 2.30. The van der Waals surface area contributed by atoms with Crippen LogP contribution in [-0.2, 0) is 6.42 Å². The summed E-state index contributed by atoms with van der Waals surface area (Å²) in [5, 5.41) is 4.68. The average Bonchev–Trinajstić information content (AvgIpc) is 3.19. The number of hydrogen-bond donors (Lipinski definition) is 1. The van der Waals surface area contributed by atoms with E-state index in [4.69, 9.17) is 9.47 Å². The number of fused-ring (bicyclic) bond motifs is 4. The molecule has 0 saturated carbocycles. The molecule has 0 bridgehead atoms. The Morgan fingerprint density at radius 3 is 2.86 bits per heavy atom. The molecule has 5 rings (SSSR count). The van der Waals surface area contributed by atoms with E-state index in [2.05, 4.69) is 20.5 Å². The Balaban J connectivity index is 1.50. The van der Waals surface area contributed by atoms with Crippen LogP contribution in [0, 0.1) is 0 Å². The molecule has 0 aliphatic carbocycles. The number of carbonyl (C=O) groups excluding carboxylic acids is 1. The van der Waals surface area contributed by atoms with E-state index in [0.29, 0.717) is 59.2 Å². The predicted molar refractivity (Wildman–Crippen MR) is 103 cm³/mol. The van der Waals surface area contributed by atoms with Gasteiger partial charge in [-0.25, -0.2) is 9.66 Å². The monoisotopic (exact) mass is 392 g/mol. The van der Waals surface area contributed by atoms with Gasteiger partial charge in [0, 0.05) is 24.4 Å². The Labute approximate surface area is 163 Å². The highest BCUT2D eigenvalue weighted by molar-refractivity contribution is 6.00. The van der Waals surface area contributed by atoms with Gasteiger partial charge in [0.15, 0.2) is 17.3 Å². The van der Waals surface area contributed by atoms with Gasteiger partial charge in [0.2, 0.25) is 0 Å². The molecule has 146 valence electrons. The first-order valence-corrected chi connectivity index (χ1v) is 9.11. The van der Waals surface area contributed by atoms with E-state index in [1.54, 1.807) is 24.3 Å². The summed E-state index contributed by atoms with van der Waals surface area (Å²) in [6, 6.07) is 6.55. The van der Waals surface area contributed by atoms with Crippen molar-refractivity contribution in [3.63, 3.8) is 0 Å². The first-order valence-electron chi connectivity index (χ1n) is 9.11. The van der Waals surface area contributed by atoms with Crippen molar-refractivity contribution in [2.45, 2.75) is 13.3 Å². The number of aromatic nitrogens is 5. The van der Waals surface area contributed by atoms with Crippen molar-refractivity contribution >= 4 is 22.6 Å². The zero-order valence-corrected chi connectivity index (χ0v) is 15.5. The quantitative estimate of drug-likeness (QED) is 0.557. The second-order valence-corrected chi connectivity index (χ2v) is 6.44. The maximum atomic E-state index is 12.8. The number of nitrogens with one attached hydrogen (secondary N) is 1. The molecule has 0 saturated heterocycles. The van der Waals surface area contributed by atoms with Gasteiger partial charge >= 0.3 is 0 Å². The van der Waals surface area contributed by atoms with E-state index in [-0.39, 0.29) is 0 Å². The molecule has 29 heavy (non-hydrogen) atoms. The molecule has 1 aromatic carbocycles. The second-order valence-electron chi connectivity index (χ2n) is 6.44. The van der Waals surface area contributed by atoms with E-state index >= 15 is 0 Å². The lowest BCUT2D eigenvalue weighted by Gasteiger charge is -2.18. The SMILES string of the molecule is CCc1nc2ncc3c(=O)n(NC(=O)c4ccc5c(c4)OCCO5)ccc3n2n1. The van der Waals surface area contributed by atoms with Crippen LogP contribution in [0.2, 0.25) is 0 Å². The van der Waals surface area contributed by atoms with Crippen molar-refractivity contribution in [2.24, 2.45) is 0 Å². The number of ether oxygens (including phenoxy) is 2. The lowest BCUT2D eigenvalue weighted by atomic mass is 10.2. The number of hydrogen-bond acceptors (Lipinski definition) is 7. The van der Waals surface area contributed by atoms with Crippen LogP contribution in [0.25, 0.3) is 16.7 Å². The molecule has 0 spiro atoms. The number of aryl methyl sites for hydroxylation is 1.